The molecule has 0 aliphatic heterocycles. The van der Waals surface area contributed by atoms with Crippen LogP contribution in [0.2, 0.25) is 0 Å². The highest BCUT2D eigenvalue weighted by atomic mass is 35.5. The van der Waals surface area contributed by atoms with Gasteiger partial charge in [0.05, 0.1) is 17.6 Å². The molecule has 0 amide bonds. The molecular weight excluding hydrogens is 186 g/mol. The molecule has 0 N–H and O–H groups in total. The fraction of sp³-hybridized carbons (Fsp3) is 0.100. The fourth-order valence-electron chi connectivity index (χ4n) is 1.35. The van der Waals surface area contributed by atoms with Crippen molar-refractivity contribution in [2.24, 2.45) is 0 Å². The lowest BCUT2D eigenvalue weighted by Crippen LogP contribution is -1.90. The third kappa shape index (κ3) is 1.64. The molecule has 0 bridgehead atoms. The first kappa shape index (κ1) is 8.48. The highest BCUT2D eigenvalue weighted by Crippen LogP contribution is 2.16. The Morgan fingerprint density at radius 2 is 2.08 bits per heavy atom. The van der Waals surface area contributed by atoms with Gasteiger partial charge >= 0.3 is 0 Å². The first-order chi connectivity index (χ1) is 6.42. The van der Waals surface area contributed by atoms with Gasteiger partial charge in [-0.3, -0.25) is 9.27 Å². The minimum Gasteiger partial charge on any atom is -0.273 e. The average Bonchev–Trinajstić information content (AvgIpc) is 2.19. The molecule has 0 aliphatic carbocycles. The third-order valence-electron chi connectivity index (χ3n) is 1.95. The summed E-state index contributed by atoms with van der Waals surface area (Å²) in [6, 6.07) is 9.98. The van der Waals surface area contributed by atoms with E-state index in [0.717, 1.165) is 16.5 Å². The number of fused-ring (bicyclic) bond motifs is 1. The van der Waals surface area contributed by atoms with Crippen LogP contribution in [0.15, 0.2) is 36.5 Å². The van der Waals surface area contributed by atoms with E-state index in [1.54, 1.807) is 6.20 Å². The van der Waals surface area contributed by atoms with Gasteiger partial charge in [0.15, 0.2) is 0 Å². The van der Waals surface area contributed by atoms with Gasteiger partial charge in [-0.05, 0) is 11.5 Å². The summed E-state index contributed by atoms with van der Waals surface area (Å²) in [5.74, 6) is 0. The summed E-state index contributed by atoms with van der Waals surface area (Å²) in [6.45, 7) is 0.336. The van der Waals surface area contributed by atoms with Crippen LogP contribution in [0.25, 0.3) is 10.8 Å². The molecule has 2 aromatic rings. The summed E-state index contributed by atoms with van der Waals surface area (Å²) in [5.41, 5.74) is 0.869. The van der Waals surface area contributed by atoms with Gasteiger partial charge in [0.1, 0.15) is 6.61 Å². The molecule has 0 saturated heterocycles. The van der Waals surface area contributed by atoms with Crippen molar-refractivity contribution in [3.05, 3.63) is 42.2 Å². The molecule has 0 radical (unpaired) electrons. The lowest BCUT2D eigenvalue weighted by molar-refractivity contribution is 0.337. The number of aromatic nitrogens is 1. The fourth-order valence-corrected chi connectivity index (χ4v) is 1.45. The largest absolute Gasteiger partial charge is 0.273 e. The molecule has 0 unspecified atom stereocenters. The molecule has 2 nitrogen and oxygen atoms in total. The molecule has 3 heteroatoms. The summed E-state index contributed by atoms with van der Waals surface area (Å²) in [5, 5.41) is 2.24. The van der Waals surface area contributed by atoms with Crippen LogP contribution in [0.5, 0.6) is 0 Å². The van der Waals surface area contributed by atoms with E-state index < -0.39 is 0 Å². The van der Waals surface area contributed by atoms with Crippen LogP contribution in [-0.4, -0.2) is 4.98 Å². The number of benzene rings is 1. The number of halogens is 1. The molecule has 0 spiro atoms. The zero-order valence-corrected chi connectivity index (χ0v) is 7.66. The molecule has 0 atom stereocenters. The normalized spacial score (nSPS) is 10.5. The van der Waals surface area contributed by atoms with Gasteiger partial charge in [-0.1, -0.05) is 24.3 Å². The first-order valence-electron chi connectivity index (χ1n) is 3.98. The van der Waals surface area contributed by atoms with E-state index in [4.69, 9.17) is 11.9 Å². The predicted octanol–water partition coefficient (Wildman–Crippen LogP) is 2.91. The number of rotatable bonds is 2. The van der Waals surface area contributed by atoms with E-state index in [1.165, 1.54) is 0 Å². The standard InChI is InChI=1S/C10H8ClNO/c11-13-7-10-9-4-2-1-3-8(9)5-6-12-10/h1-6H,7H2. The maximum atomic E-state index is 5.20. The average molecular weight is 194 g/mol. The highest BCUT2D eigenvalue weighted by Gasteiger charge is 2.00. The SMILES string of the molecule is ClOCc1nccc2ccccc12. The molecule has 2 rings (SSSR count). The van der Waals surface area contributed by atoms with Gasteiger partial charge in [-0.2, -0.15) is 0 Å². The van der Waals surface area contributed by atoms with Gasteiger partial charge < -0.3 is 0 Å². The minimum absolute atomic E-state index is 0.336. The quantitative estimate of drug-likeness (QED) is 0.732. The van der Waals surface area contributed by atoms with E-state index in [9.17, 15) is 0 Å². The van der Waals surface area contributed by atoms with E-state index in [0.29, 0.717) is 6.61 Å². The number of hydrogen-bond acceptors (Lipinski definition) is 2. The van der Waals surface area contributed by atoms with Crippen LogP contribution in [0.4, 0.5) is 0 Å². The Morgan fingerprint density at radius 3 is 2.92 bits per heavy atom. The number of nitrogens with zero attached hydrogens (tertiary/aromatic N) is 1. The second-order valence-corrected chi connectivity index (χ2v) is 2.95. The van der Waals surface area contributed by atoms with Crippen molar-refractivity contribution in [3.63, 3.8) is 0 Å². The number of pyridine rings is 1. The van der Waals surface area contributed by atoms with Gasteiger partial charge in [-0.25, -0.2) is 0 Å². The van der Waals surface area contributed by atoms with Crippen molar-refractivity contribution in [3.8, 4) is 0 Å². The Kier molecular flexibility index (Phi) is 2.43. The van der Waals surface area contributed by atoms with E-state index in [2.05, 4.69) is 9.27 Å². The summed E-state index contributed by atoms with van der Waals surface area (Å²) in [7, 11) is 0. The molecule has 0 fully saturated rings. The Hall–Kier alpha value is -1.12. The first-order valence-corrected chi connectivity index (χ1v) is 4.29. The van der Waals surface area contributed by atoms with Crippen LogP contribution in [0.3, 0.4) is 0 Å². The van der Waals surface area contributed by atoms with Crippen molar-refractivity contribution >= 4 is 22.6 Å². The van der Waals surface area contributed by atoms with Crippen molar-refractivity contribution in [2.45, 2.75) is 6.61 Å². The van der Waals surface area contributed by atoms with Crippen LogP contribution in [0, 0.1) is 0 Å². The minimum atomic E-state index is 0.336. The third-order valence-corrected chi connectivity index (χ3v) is 2.06. The second kappa shape index (κ2) is 3.73. The molecule has 1 aromatic heterocycles. The zero-order valence-electron chi connectivity index (χ0n) is 6.90. The molecule has 1 heterocycles. The van der Waals surface area contributed by atoms with Gasteiger partial charge in [0.2, 0.25) is 0 Å². The highest BCUT2D eigenvalue weighted by molar-refractivity contribution is 6.07. The summed E-state index contributed by atoms with van der Waals surface area (Å²) in [6.07, 6.45) is 1.76. The Morgan fingerprint density at radius 1 is 1.23 bits per heavy atom. The molecule has 0 saturated carbocycles. The van der Waals surface area contributed by atoms with Crippen molar-refractivity contribution in [2.75, 3.05) is 0 Å². The van der Waals surface area contributed by atoms with E-state index in [1.807, 2.05) is 30.3 Å². The van der Waals surface area contributed by atoms with Crippen molar-refractivity contribution in [1.82, 2.24) is 4.98 Å². The molecule has 66 valence electrons. The van der Waals surface area contributed by atoms with Crippen LogP contribution < -0.4 is 0 Å². The smallest absolute Gasteiger partial charge is 0.111 e. The summed E-state index contributed by atoms with van der Waals surface area (Å²) in [4.78, 5) is 4.19. The maximum Gasteiger partial charge on any atom is 0.111 e. The molecule has 0 aliphatic rings. The molecule has 13 heavy (non-hydrogen) atoms. The van der Waals surface area contributed by atoms with E-state index in [-0.39, 0.29) is 0 Å². The van der Waals surface area contributed by atoms with Crippen LogP contribution in [0.1, 0.15) is 5.69 Å². The van der Waals surface area contributed by atoms with E-state index >= 15 is 0 Å². The van der Waals surface area contributed by atoms with Crippen LogP contribution in [-0.2, 0) is 10.9 Å². The maximum absolute atomic E-state index is 5.20. The summed E-state index contributed by atoms with van der Waals surface area (Å²) < 4.78 is 4.55. The number of hydrogen-bond donors (Lipinski definition) is 0. The zero-order chi connectivity index (χ0) is 9.10. The van der Waals surface area contributed by atoms with Gasteiger partial charge in [0, 0.05) is 11.6 Å². The van der Waals surface area contributed by atoms with Crippen LogP contribution >= 0.6 is 11.9 Å². The topological polar surface area (TPSA) is 22.1 Å². The second-order valence-electron chi connectivity index (χ2n) is 2.73. The van der Waals surface area contributed by atoms with Crippen molar-refractivity contribution in [1.29, 1.82) is 0 Å². The Balaban J connectivity index is 2.61. The van der Waals surface area contributed by atoms with Crippen molar-refractivity contribution < 1.29 is 4.29 Å². The predicted molar refractivity (Wildman–Crippen MR) is 52.4 cm³/mol. The lowest BCUT2D eigenvalue weighted by atomic mass is 10.1. The summed E-state index contributed by atoms with van der Waals surface area (Å²) >= 11 is 5.20. The lowest BCUT2D eigenvalue weighted by Gasteiger charge is -2.02. The Bertz CT molecular complexity index is 411. The molecule has 1 aromatic carbocycles. The molecular formula is C10H8ClNO. The monoisotopic (exact) mass is 193 g/mol. The Labute approximate surface area is 81.3 Å². The van der Waals surface area contributed by atoms with Gasteiger partial charge in [-0.15, -0.1) is 0 Å². The van der Waals surface area contributed by atoms with Gasteiger partial charge in [0.25, 0.3) is 0 Å².